The minimum atomic E-state index is -1.08. The SMILES string of the molecule is CC1=C(OC(C)(N)C(C)(C)CO)CC(=O)C2=C1Sc1c(C)cccc1C2.Cl. The summed E-state index contributed by atoms with van der Waals surface area (Å²) in [5.41, 5.74) is 8.93. The third-order valence-corrected chi connectivity index (χ3v) is 7.17. The molecule has 3 N–H and O–H groups in total. The van der Waals surface area contributed by atoms with E-state index in [0.29, 0.717) is 12.2 Å². The van der Waals surface area contributed by atoms with E-state index in [2.05, 4.69) is 19.1 Å². The predicted octanol–water partition coefficient (Wildman–Crippen LogP) is 4.28. The van der Waals surface area contributed by atoms with Crippen molar-refractivity contribution in [1.82, 2.24) is 0 Å². The Morgan fingerprint density at radius 1 is 1.22 bits per heavy atom. The van der Waals surface area contributed by atoms with Crippen LogP contribution in [0.15, 0.2) is 44.9 Å². The van der Waals surface area contributed by atoms with Crippen LogP contribution < -0.4 is 5.73 Å². The first-order valence-electron chi connectivity index (χ1n) is 8.89. The smallest absolute Gasteiger partial charge is 0.167 e. The van der Waals surface area contributed by atoms with Crippen LogP contribution in [0, 0.1) is 12.3 Å². The molecule has 0 spiro atoms. The molecule has 27 heavy (non-hydrogen) atoms. The van der Waals surface area contributed by atoms with Crippen molar-refractivity contribution in [3.8, 4) is 0 Å². The number of halogens is 1. The van der Waals surface area contributed by atoms with Crippen LogP contribution in [0.3, 0.4) is 0 Å². The number of hydrogen-bond donors (Lipinski definition) is 2. The van der Waals surface area contributed by atoms with Crippen LogP contribution in [-0.4, -0.2) is 23.2 Å². The molecule has 0 bridgehead atoms. The molecule has 1 unspecified atom stereocenters. The van der Waals surface area contributed by atoms with Crippen LogP contribution in [0.4, 0.5) is 0 Å². The standard InChI is InChI=1S/C21H27NO3S.ClH/c1-12-7-6-8-14-9-15-16(24)10-17(13(2)19(15)26-18(12)14)25-21(5,22)20(3,4)11-23;/h6-8,23H,9-11,22H2,1-5H3;1H. The van der Waals surface area contributed by atoms with Crippen molar-refractivity contribution in [3.05, 3.63) is 51.1 Å². The van der Waals surface area contributed by atoms with Gasteiger partial charge < -0.3 is 9.84 Å². The number of fused-ring (bicyclic) bond motifs is 1. The number of aryl methyl sites for hydroxylation is 1. The third-order valence-electron chi connectivity index (χ3n) is 5.63. The van der Waals surface area contributed by atoms with Crippen LogP contribution in [0.2, 0.25) is 0 Å². The Balaban J connectivity index is 0.00000261. The molecule has 0 saturated carbocycles. The van der Waals surface area contributed by atoms with E-state index in [1.807, 2.05) is 26.8 Å². The molecule has 6 heteroatoms. The van der Waals surface area contributed by atoms with Crippen LogP contribution in [0.25, 0.3) is 0 Å². The molecule has 148 valence electrons. The minimum absolute atomic E-state index is 0. The first-order chi connectivity index (χ1) is 12.1. The Bertz CT molecular complexity index is 840. The van der Waals surface area contributed by atoms with Crippen LogP contribution in [0.5, 0.6) is 0 Å². The Morgan fingerprint density at radius 3 is 2.52 bits per heavy atom. The summed E-state index contributed by atoms with van der Waals surface area (Å²) in [4.78, 5) is 15.0. The molecular weight excluding hydrogens is 382 g/mol. The van der Waals surface area contributed by atoms with Gasteiger partial charge in [0.05, 0.1) is 13.0 Å². The molecular formula is C21H28ClNO3S. The predicted molar refractivity (Wildman–Crippen MR) is 112 cm³/mol. The van der Waals surface area contributed by atoms with Gasteiger partial charge in [0, 0.05) is 32.8 Å². The molecule has 1 aromatic carbocycles. The van der Waals surface area contributed by atoms with E-state index < -0.39 is 11.1 Å². The number of rotatable bonds is 4. The summed E-state index contributed by atoms with van der Waals surface area (Å²) in [5, 5.41) is 9.65. The molecule has 1 aliphatic heterocycles. The Hall–Kier alpha value is -1.27. The summed E-state index contributed by atoms with van der Waals surface area (Å²) >= 11 is 1.65. The molecule has 3 rings (SSSR count). The monoisotopic (exact) mass is 409 g/mol. The molecule has 0 amide bonds. The van der Waals surface area contributed by atoms with Gasteiger partial charge in [-0.3, -0.25) is 10.5 Å². The van der Waals surface area contributed by atoms with E-state index >= 15 is 0 Å². The van der Waals surface area contributed by atoms with Crippen LogP contribution in [0.1, 0.15) is 45.2 Å². The molecule has 0 fully saturated rings. The number of ketones is 1. The topological polar surface area (TPSA) is 72.6 Å². The fourth-order valence-electron chi connectivity index (χ4n) is 3.14. The Kier molecular flexibility index (Phi) is 6.22. The van der Waals surface area contributed by atoms with Crippen molar-refractivity contribution in [2.75, 3.05) is 6.61 Å². The number of nitrogens with two attached hydrogens (primary N) is 1. The number of benzene rings is 1. The minimum Gasteiger partial charge on any atom is -0.476 e. The van der Waals surface area contributed by atoms with Crippen molar-refractivity contribution in [3.63, 3.8) is 0 Å². The van der Waals surface area contributed by atoms with Gasteiger partial charge in [0.15, 0.2) is 11.5 Å². The van der Waals surface area contributed by atoms with Gasteiger partial charge in [-0.15, -0.1) is 12.4 Å². The zero-order valence-electron chi connectivity index (χ0n) is 16.5. The average molecular weight is 410 g/mol. The van der Waals surface area contributed by atoms with Gasteiger partial charge in [0.25, 0.3) is 0 Å². The molecule has 1 aromatic rings. The van der Waals surface area contributed by atoms with E-state index in [1.165, 1.54) is 16.0 Å². The van der Waals surface area contributed by atoms with Crippen molar-refractivity contribution >= 4 is 30.0 Å². The number of allylic oxidation sites excluding steroid dienone is 3. The summed E-state index contributed by atoms with van der Waals surface area (Å²) in [7, 11) is 0. The number of Topliss-reactive ketones (excluding diaryl/α,β-unsaturated/α-hetero) is 1. The molecule has 0 radical (unpaired) electrons. The number of aliphatic hydroxyl groups is 1. The number of aliphatic hydroxyl groups excluding tert-OH is 1. The number of ether oxygens (including phenoxy) is 1. The van der Waals surface area contributed by atoms with Gasteiger partial charge in [0.1, 0.15) is 5.76 Å². The molecule has 4 nitrogen and oxygen atoms in total. The van der Waals surface area contributed by atoms with Crippen molar-refractivity contribution in [1.29, 1.82) is 0 Å². The van der Waals surface area contributed by atoms with Gasteiger partial charge in [-0.25, -0.2) is 0 Å². The number of carbonyl (C=O) groups is 1. The van der Waals surface area contributed by atoms with E-state index in [0.717, 1.165) is 16.1 Å². The highest BCUT2D eigenvalue weighted by Gasteiger charge is 2.42. The fraction of sp³-hybridized carbons (Fsp3) is 0.476. The van der Waals surface area contributed by atoms with Gasteiger partial charge >= 0.3 is 0 Å². The molecule has 2 aliphatic rings. The molecule has 0 saturated heterocycles. The fourth-order valence-corrected chi connectivity index (χ4v) is 4.42. The average Bonchev–Trinajstić information content (AvgIpc) is 2.58. The first-order valence-corrected chi connectivity index (χ1v) is 9.70. The second kappa shape index (κ2) is 7.63. The molecule has 1 atom stereocenters. The van der Waals surface area contributed by atoms with Crippen molar-refractivity contribution in [2.24, 2.45) is 11.1 Å². The first kappa shape index (κ1) is 22.0. The summed E-state index contributed by atoms with van der Waals surface area (Å²) in [6.45, 7) is 9.45. The third kappa shape index (κ3) is 3.83. The molecule has 1 heterocycles. The van der Waals surface area contributed by atoms with E-state index in [-0.39, 0.29) is 31.2 Å². The number of carbonyl (C=O) groups excluding carboxylic acids is 1. The Morgan fingerprint density at radius 2 is 1.89 bits per heavy atom. The van der Waals surface area contributed by atoms with Crippen LogP contribution >= 0.6 is 24.2 Å². The lowest BCUT2D eigenvalue weighted by Crippen LogP contribution is -2.54. The maximum absolute atomic E-state index is 12.8. The summed E-state index contributed by atoms with van der Waals surface area (Å²) < 4.78 is 6.11. The summed E-state index contributed by atoms with van der Waals surface area (Å²) in [6, 6.07) is 6.24. The van der Waals surface area contributed by atoms with E-state index in [4.69, 9.17) is 10.5 Å². The maximum atomic E-state index is 12.8. The number of thioether (sulfide) groups is 1. The lowest BCUT2D eigenvalue weighted by molar-refractivity contribution is -0.120. The summed E-state index contributed by atoms with van der Waals surface area (Å²) in [5.74, 6) is 0.711. The van der Waals surface area contributed by atoms with Gasteiger partial charge in [0.2, 0.25) is 0 Å². The highest BCUT2D eigenvalue weighted by Crippen LogP contribution is 2.47. The van der Waals surface area contributed by atoms with Crippen molar-refractivity contribution < 1.29 is 14.6 Å². The summed E-state index contributed by atoms with van der Waals surface area (Å²) in [6.07, 6.45) is 0.894. The normalized spacial score (nSPS) is 19.1. The second-order valence-electron chi connectivity index (χ2n) is 8.05. The largest absolute Gasteiger partial charge is 0.476 e. The van der Waals surface area contributed by atoms with Crippen LogP contribution in [-0.2, 0) is 16.0 Å². The molecule has 1 aliphatic carbocycles. The van der Waals surface area contributed by atoms with E-state index in [9.17, 15) is 9.90 Å². The number of hydrogen-bond acceptors (Lipinski definition) is 5. The quantitative estimate of drug-likeness (QED) is 0.726. The zero-order valence-corrected chi connectivity index (χ0v) is 18.1. The second-order valence-corrected chi connectivity index (χ2v) is 9.07. The highest BCUT2D eigenvalue weighted by molar-refractivity contribution is 8.03. The van der Waals surface area contributed by atoms with E-state index in [1.54, 1.807) is 18.7 Å². The maximum Gasteiger partial charge on any atom is 0.167 e. The lowest BCUT2D eigenvalue weighted by atomic mass is 9.83. The van der Waals surface area contributed by atoms with Crippen molar-refractivity contribution in [2.45, 2.75) is 58.1 Å². The zero-order chi connectivity index (χ0) is 19.3. The Labute approximate surface area is 171 Å². The molecule has 0 aromatic heterocycles. The van der Waals surface area contributed by atoms with Gasteiger partial charge in [-0.05, 0) is 31.9 Å². The van der Waals surface area contributed by atoms with Gasteiger partial charge in [-0.2, -0.15) is 0 Å². The lowest BCUT2D eigenvalue weighted by Gasteiger charge is -2.41. The van der Waals surface area contributed by atoms with Gasteiger partial charge in [-0.1, -0.05) is 43.8 Å². The highest BCUT2D eigenvalue weighted by atomic mass is 35.5.